The molecule has 2 aromatic heterocycles. The molecule has 0 amide bonds. The molecule has 108 valence electrons. The molecule has 0 saturated heterocycles. The molecule has 0 bridgehead atoms. The Labute approximate surface area is 123 Å². The third-order valence-corrected chi connectivity index (χ3v) is 3.38. The van der Waals surface area contributed by atoms with Gasteiger partial charge in [-0.25, -0.2) is 4.98 Å². The summed E-state index contributed by atoms with van der Waals surface area (Å²) < 4.78 is 12.9. The Morgan fingerprint density at radius 1 is 1.14 bits per heavy atom. The van der Waals surface area contributed by atoms with Crippen molar-refractivity contribution in [2.24, 2.45) is 0 Å². The van der Waals surface area contributed by atoms with E-state index >= 15 is 0 Å². The number of ether oxygens (including phenoxy) is 2. The van der Waals surface area contributed by atoms with Gasteiger partial charge in [0.05, 0.1) is 26.0 Å². The van der Waals surface area contributed by atoms with E-state index in [4.69, 9.17) is 9.47 Å². The zero-order chi connectivity index (χ0) is 14.7. The van der Waals surface area contributed by atoms with E-state index in [9.17, 15) is 0 Å². The van der Waals surface area contributed by atoms with Gasteiger partial charge in [-0.15, -0.1) is 0 Å². The maximum atomic E-state index is 5.53. The third-order valence-electron chi connectivity index (χ3n) is 3.38. The first kappa shape index (κ1) is 13.5. The van der Waals surface area contributed by atoms with E-state index in [1.54, 1.807) is 7.11 Å². The van der Waals surface area contributed by atoms with E-state index in [2.05, 4.69) is 33.9 Å². The van der Waals surface area contributed by atoms with Gasteiger partial charge in [0, 0.05) is 23.2 Å². The fourth-order valence-electron chi connectivity index (χ4n) is 2.41. The van der Waals surface area contributed by atoms with Crippen molar-refractivity contribution in [3.63, 3.8) is 0 Å². The number of fused-ring (bicyclic) bond motifs is 1. The monoisotopic (exact) mass is 282 g/mol. The summed E-state index contributed by atoms with van der Waals surface area (Å²) in [5.41, 5.74) is 2.14. The molecule has 0 unspecified atom stereocenters. The smallest absolute Gasteiger partial charge is 0.213 e. The summed E-state index contributed by atoms with van der Waals surface area (Å²) in [5, 5.41) is 1.17. The normalized spacial score (nSPS) is 10.8. The number of hydrogen-bond acceptors (Lipinski definition) is 3. The van der Waals surface area contributed by atoms with Crippen LogP contribution in [0.5, 0.6) is 11.6 Å². The average Bonchev–Trinajstić information content (AvgIpc) is 2.90. The second-order valence-corrected chi connectivity index (χ2v) is 4.77. The van der Waals surface area contributed by atoms with E-state index in [1.807, 2.05) is 31.2 Å². The minimum absolute atomic E-state index is 0.641. The molecule has 1 aromatic carbocycles. The molecule has 0 radical (unpaired) electrons. The molecule has 2 heterocycles. The molecule has 4 nitrogen and oxygen atoms in total. The summed E-state index contributed by atoms with van der Waals surface area (Å²) in [4.78, 5) is 4.45. The van der Waals surface area contributed by atoms with Gasteiger partial charge < -0.3 is 14.0 Å². The van der Waals surface area contributed by atoms with Gasteiger partial charge in [-0.3, -0.25) is 0 Å². The minimum atomic E-state index is 0.641. The first-order valence-electron chi connectivity index (χ1n) is 7.02. The van der Waals surface area contributed by atoms with E-state index in [0.717, 1.165) is 11.4 Å². The lowest BCUT2D eigenvalue weighted by Gasteiger charge is -2.07. The third kappa shape index (κ3) is 2.84. The first-order valence-corrected chi connectivity index (χ1v) is 7.02. The van der Waals surface area contributed by atoms with Crippen LogP contribution in [-0.2, 0) is 6.54 Å². The lowest BCUT2D eigenvalue weighted by atomic mass is 10.2. The topological polar surface area (TPSA) is 36.3 Å². The van der Waals surface area contributed by atoms with Crippen LogP contribution in [-0.4, -0.2) is 23.3 Å². The lowest BCUT2D eigenvalue weighted by molar-refractivity contribution is 0.340. The molecule has 0 saturated carbocycles. The Bertz CT molecular complexity index is 749. The van der Waals surface area contributed by atoms with E-state index in [0.29, 0.717) is 19.0 Å². The van der Waals surface area contributed by atoms with Crippen LogP contribution in [0.3, 0.4) is 0 Å². The fourth-order valence-corrected chi connectivity index (χ4v) is 2.41. The molecular formula is C17H18N2O2. The van der Waals surface area contributed by atoms with Gasteiger partial charge in [0.1, 0.15) is 5.75 Å². The van der Waals surface area contributed by atoms with Crippen molar-refractivity contribution in [2.45, 2.75) is 13.5 Å². The molecule has 0 atom stereocenters. The van der Waals surface area contributed by atoms with Crippen molar-refractivity contribution in [2.75, 3.05) is 13.7 Å². The Morgan fingerprint density at radius 2 is 2.05 bits per heavy atom. The van der Waals surface area contributed by atoms with Gasteiger partial charge in [0.25, 0.3) is 0 Å². The van der Waals surface area contributed by atoms with Crippen LogP contribution >= 0.6 is 0 Å². The summed E-state index contributed by atoms with van der Waals surface area (Å²) >= 11 is 0. The number of aromatic nitrogens is 2. The van der Waals surface area contributed by atoms with Crippen LogP contribution < -0.4 is 9.47 Å². The largest absolute Gasteiger partial charge is 0.494 e. The highest BCUT2D eigenvalue weighted by Gasteiger charge is 2.05. The Kier molecular flexibility index (Phi) is 3.77. The van der Waals surface area contributed by atoms with Crippen molar-refractivity contribution < 1.29 is 9.47 Å². The van der Waals surface area contributed by atoms with Crippen molar-refractivity contribution in [1.29, 1.82) is 0 Å². The van der Waals surface area contributed by atoms with E-state index < -0.39 is 0 Å². The molecule has 3 aromatic rings. The summed E-state index contributed by atoms with van der Waals surface area (Å²) in [6, 6.07) is 14.1. The highest BCUT2D eigenvalue weighted by molar-refractivity contribution is 5.81. The lowest BCUT2D eigenvalue weighted by Crippen LogP contribution is -2.01. The van der Waals surface area contributed by atoms with Crippen LogP contribution in [0.4, 0.5) is 0 Å². The van der Waals surface area contributed by atoms with Gasteiger partial charge >= 0.3 is 0 Å². The van der Waals surface area contributed by atoms with E-state index in [1.165, 1.54) is 10.9 Å². The van der Waals surface area contributed by atoms with Crippen molar-refractivity contribution in [3.05, 3.63) is 54.4 Å². The number of nitrogens with zero attached hydrogens (tertiary/aromatic N) is 2. The number of benzene rings is 1. The Morgan fingerprint density at radius 3 is 2.86 bits per heavy atom. The van der Waals surface area contributed by atoms with Gasteiger partial charge in [0.2, 0.25) is 5.88 Å². The Hall–Kier alpha value is -2.49. The first-order chi connectivity index (χ1) is 10.3. The predicted octanol–water partition coefficient (Wildman–Crippen LogP) is 3.49. The predicted molar refractivity (Wildman–Crippen MR) is 83.0 cm³/mol. The van der Waals surface area contributed by atoms with Crippen molar-refractivity contribution >= 4 is 10.9 Å². The molecule has 0 N–H and O–H groups in total. The minimum Gasteiger partial charge on any atom is -0.494 e. The molecule has 0 aliphatic rings. The number of pyridine rings is 1. The van der Waals surface area contributed by atoms with Crippen molar-refractivity contribution in [1.82, 2.24) is 9.55 Å². The standard InChI is InChI=1S/C17H18N2O2/c1-3-21-15-7-8-16-13(11-15)9-10-19(16)12-14-5-4-6-17(18-14)20-2/h4-11H,3,12H2,1-2H3. The summed E-state index contributed by atoms with van der Waals surface area (Å²) in [5.74, 6) is 1.55. The maximum Gasteiger partial charge on any atom is 0.213 e. The van der Waals surface area contributed by atoms with Crippen LogP contribution in [0.1, 0.15) is 12.6 Å². The Balaban J connectivity index is 1.90. The SMILES string of the molecule is CCOc1ccc2c(ccn2Cc2cccc(OC)n2)c1. The zero-order valence-corrected chi connectivity index (χ0v) is 12.2. The maximum absolute atomic E-state index is 5.53. The molecular weight excluding hydrogens is 264 g/mol. The van der Waals surface area contributed by atoms with Gasteiger partial charge in [-0.05, 0) is 37.3 Å². The van der Waals surface area contributed by atoms with Gasteiger partial charge in [-0.1, -0.05) is 6.07 Å². The van der Waals surface area contributed by atoms with Gasteiger partial charge in [0.15, 0.2) is 0 Å². The highest BCUT2D eigenvalue weighted by Crippen LogP contribution is 2.23. The molecule has 3 rings (SSSR count). The second-order valence-electron chi connectivity index (χ2n) is 4.77. The molecule has 21 heavy (non-hydrogen) atoms. The average molecular weight is 282 g/mol. The molecule has 0 aliphatic heterocycles. The molecule has 0 spiro atoms. The second kappa shape index (κ2) is 5.87. The number of hydrogen-bond donors (Lipinski definition) is 0. The molecule has 4 heteroatoms. The summed E-state index contributed by atoms with van der Waals surface area (Å²) in [7, 11) is 1.63. The van der Waals surface area contributed by atoms with Crippen molar-refractivity contribution in [3.8, 4) is 11.6 Å². The number of methoxy groups -OCH3 is 1. The molecule has 0 aliphatic carbocycles. The zero-order valence-electron chi connectivity index (χ0n) is 12.2. The number of rotatable bonds is 5. The fraction of sp³-hybridized carbons (Fsp3) is 0.235. The van der Waals surface area contributed by atoms with Crippen LogP contribution in [0.25, 0.3) is 10.9 Å². The summed E-state index contributed by atoms with van der Waals surface area (Å²) in [6.07, 6.45) is 2.07. The quantitative estimate of drug-likeness (QED) is 0.718. The highest BCUT2D eigenvalue weighted by atomic mass is 16.5. The van der Waals surface area contributed by atoms with E-state index in [-0.39, 0.29) is 0 Å². The van der Waals surface area contributed by atoms with Crippen LogP contribution in [0.15, 0.2) is 48.7 Å². The van der Waals surface area contributed by atoms with Crippen LogP contribution in [0.2, 0.25) is 0 Å². The van der Waals surface area contributed by atoms with Crippen LogP contribution in [0, 0.1) is 0 Å². The summed E-state index contributed by atoms with van der Waals surface area (Å²) in [6.45, 7) is 3.39. The van der Waals surface area contributed by atoms with Gasteiger partial charge in [-0.2, -0.15) is 0 Å². The molecule has 0 fully saturated rings.